The van der Waals surface area contributed by atoms with Gasteiger partial charge in [0.05, 0.1) is 6.20 Å². The van der Waals surface area contributed by atoms with E-state index < -0.39 is 15.5 Å². The molecule has 0 N–H and O–H groups in total. The van der Waals surface area contributed by atoms with Gasteiger partial charge < -0.3 is 0 Å². The van der Waals surface area contributed by atoms with Crippen LogP contribution in [-0.2, 0) is 17.3 Å². The van der Waals surface area contributed by atoms with Gasteiger partial charge in [-0.05, 0) is 6.92 Å². The van der Waals surface area contributed by atoms with Crippen LogP contribution in [0.5, 0.6) is 0 Å². The molecule has 0 saturated heterocycles. The Balaban J connectivity index is 3.01. The van der Waals surface area contributed by atoms with E-state index in [1.165, 1.54) is 24.0 Å². The Bertz CT molecular complexity index is 371. The van der Waals surface area contributed by atoms with Gasteiger partial charge in [0.2, 0.25) is 0 Å². The minimum Gasteiger partial charge on any atom is -0.275 e. The number of rotatable bonds is 2. The molecule has 0 saturated carbocycles. The third-order valence-corrected chi connectivity index (χ3v) is 2.73. The zero-order valence-electron chi connectivity index (χ0n) is 6.73. The van der Waals surface area contributed by atoms with E-state index in [0.717, 1.165) is 0 Å². The van der Waals surface area contributed by atoms with Crippen LogP contribution in [0.2, 0.25) is 0 Å². The molecule has 0 aliphatic rings. The first-order valence-corrected chi connectivity index (χ1v) is 4.78. The molecule has 0 amide bonds. The summed E-state index contributed by atoms with van der Waals surface area (Å²) >= 11 is 0. The lowest BCUT2D eigenvalue weighted by molar-refractivity contribution is 0.540. The van der Waals surface area contributed by atoms with Crippen LogP contribution in [0, 0.1) is 0 Å². The first-order valence-electron chi connectivity index (χ1n) is 3.33. The summed E-state index contributed by atoms with van der Waals surface area (Å²) in [7, 11) is -2.86. The van der Waals surface area contributed by atoms with Gasteiger partial charge in [-0.3, -0.25) is 4.68 Å². The molecule has 0 spiro atoms. The molecule has 0 bridgehead atoms. The van der Waals surface area contributed by atoms with Crippen molar-refractivity contribution in [1.29, 1.82) is 0 Å². The van der Waals surface area contributed by atoms with Crippen molar-refractivity contribution in [3.63, 3.8) is 0 Å². The van der Waals surface area contributed by atoms with Gasteiger partial charge in [-0.1, -0.05) is 0 Å². The van der Waals surface area contributed by atoms with Gasteiger partial charge in [-0.25, -0.2) is 0 Å². The first-order chi connectivity index (χ1) is 5.41. The van der Waals surface area contributed by atoms with Crippen molar-refractivity contribution in [1.82, 2.24) is 9.78 Å². The Morgan fingerprint density at radius 1 is 1.67 bits per heavy atom. The maximum atomic E-state index is 12.4. The van der Waals surface area contributed by atoms with Crippen LogP contribution in [0.15, 0.2) is 12.4 Å². The number of nitrogens with zero attached hydrogens (tertiary/aromatic N) is 2. The molecule has 0 aromatic carbocycles. The third-order valence-electron chi connectivity index (χ3n) is 1.62. The van der Waals surface area contributed by atoms with E-state index in [1.54, 1.807) is 7.05 Å². The number of aryl methyl sites for hydroxylation is 1. The molecular formula is C6H9FN2O2S. The molecule has 1 heterocycles. The maximum absolute atomic E-state index is 12.4. The second-order valence-corrected chi connectivity index (χ2v) is 4.22. The van der Waals surface area contributed by atoms with Crippen LogP contribution in [0.25, 0.3) is 0 Å². The lowest BCUT2D eigenvalue weighted by Gasteiger charge is -2.00. The Labute approximate surface area is 70.2 Å². The summed E-state index contributed by atoms with van der Waals surface area (Å²) in [6.45, 7) is 1.28. The maximum Gasteiger partial charge on any atom is 0.309 e. The minimum atomic E-state index is -4.50. The van der Waals surface area contributed by atoms with Crippen LogP contribution in [0.1, 0.15) is 17.7 Å². The van der Waals surface area contributed by atoms with Gasteiger partial charge in [0.1, 0.15) is 5.25 Å². The summed E-state index contributed by atoms with van der Waals surface area (Å²) in [6.07, 6.45) is 2.81. The molecule has 0 aliphatic carbocycles. The second kappa shape index (κ2) is 2.85. The van der Waals surface area contributed by atoms with Gasteiger partial charge >= 0.3 is 10.2 Å². The van der Waals surface area contributed by atoms with Gasteiger partial charge in [0, 0.05) is 18.8 Å². The quantitative estimate of drug-likeness (QED) is 0.651. The minimum absolute atomic E-state index is 0.361. The van der Waals surface area contributed by atoms with Crippen LogP contribution < -0.4 is 0 Å². The summed E-state index contributed by atoms with van der Waals surface area (Å²) in [4.78, 5) is 0. The van der Waals surface area contributed by atoms with Crippen molar-refractivity contribution in [2.24, 2.45) is 7.05 Å². The molecule has 1 unspecified atom stereocenters. The summed E-state index contributed by atoms with van der Waals surface area (Å²) in [5, 5.41) is 2.60. The largest absolute Gasteiger partial charge is 0.309 e. The number of aromatic nitrogens is 2. The molecule has 0 aliphatic heterocycles. The topological polar surface area (TPSA) is 52.0 Å². The van der Waals surface area contributed by atoms with E-state index >= 15 is 0 Å². The van der Waals surface area contributed by atoms with Crippen molar-refractivity contribution in [2.45, 2.75) is 12.2 Å². The highest BCUT2D eigenvalue weighted by Crippen LogP contribution is 2.21. The highest BCUT2D eigenvalue weighted by Gasteiger charge is 2.22. The predicted octanol–water partition coefficient (Wildman–Crippen LogP) is 0.780. The Hall–Kier alpha value is -0.910. The molecule has 1 rings (SSSR count). The number of halogens is 1. The van der Waals surface area contributed by atoms with E-state index in [-0.39, 0.29) is 0 Å². The summed E-state index contributed by atoms with van der Waals surface area (Å²) in [6, 6.07) is 0. The molecule has 68 valence electrons. The second-order valence-electron chi connectivity index (χ2n) is 2.57. The smallest absolute Gasteiger partial charge is 0.275 e. The van der Waals surface area contributed by atoms with Crippen LogP contribution in [0.3, 0.4) is 0 Å². The van der Waals surface area contributed by atoms with Gasteiger partial charge in [-0.15, -0.1) is 3.89 Å². The monoisotopic (exact) mass is 192 g/mol. The van der Waals surface area contributed by atoms with E-state index in [4.69, 9.17) is 0 Å². The number of hydrogen-bond acceptors (Lipinski definition) is 3. The van der Waals surface area contributed by atoms with Gasteiger partial charge in [0.15, 0.2) is 0 Å². The lowest BCUT2D eigenvalue weighted by atomic mass is 10.3. The summed E-state index contributed by atoms with van der Waals surface area (Å²) in [5.41, 5.74) is 0.361. The molecule has 1 atom stereocenters. The molecule has 0 radical (unpaired) electrons. The van der Waals surface area contributed by atoms with E-state index in [1.807, 2.05) is 0 Å². The van der Waals surface area contributed by atoms with E-state index in [0.29, 0.717) is 5.56 Å². The molecule has 1 aromatic rings. The summed E-state index contributed by atoms with van der Waals surface area (Å²) in [5.74, 6) is 0. The fourth-order valence-electron chi connectivity index (χ4n) is 0.813. The zero-order chi connectivity index (χ0) is 9.35. The average molecular weight is 192 g/mol. The van der Waals surface area contributed by atoms with Crippen molar-refractivity contribution in [3.8, 4) is 0 Å². The van der Waals surface area contributed by atoms with Crippen molar-refractivity contribution < 1.29 is 12.3 Å². The molecule has 4 nitrogen and oxygen atoms in total. The Kier molecular flexibility index (Phi) is 2.18. The van der Waals surface area contributed by atoms with E-state index in [2.05, 4.69) is 5.10 Å². The fraction of sp³-hybridized carbons (Fsp3) is 0.500. The number of hydrogen-bond donors (Lipinski definition) is 0. The third kappa shape index (κ3) is 1.82. The Morgan fingerprint density at radius 2 is 2.25 bits per heavy atom. The van der Waals surface area contributed by atoms with Crippen LogP contribution in [-0.4, -0.2) is 18.2 Å². The van der Waals surface area contributed by atoms with Crippen molar-refractivity contribution in [3.05, 3.63) is 18.0 Å². The van der Waals surface area contributed by atoms with Gasteiger partial charge in [-0.2, -0.15) is 13.5 Å². The fourth-order valence-corrected chi connectivity index (χ4v) is 1.26. The van der Waals surface area contributed by atoms with E-state index in [9.17, 15) is 12.3 Å². The molecule has 1 aromatic heterocycles. The van der Waals surface area contributed by atoms with Gasteiger partial charge in [0.25, 0.3) is 0 Å². The van der Waals surface area contributed by atoms with Crippen LogP contribution in [0.4, 0.5) is 3.89 Å². The molecule has 0 fully saturated rings. The van der Waals surface area contributed by atoms with Crippen molar-refractivity contribution in [2.75, 3.05) is 0 Å². The predicted molar refractivity (Wildman–Crippen MR) is 41.7 cm³/mol. The summed E-state index contributed by atoms with van der Waals surface area (Å²) < 4.78 is 34.7. The first kappa shape index (κ1) is 9.18. The molecule has 6 heteroatoms. The molecule has 12 heavy (non-hydrogen) atoms. The Morgan fingerprint density at radius 3 is 2.58 bits per heavy atom. The van der Waals surface area contributed by atoms with Crippen LogP contribution >= 0.6 is 0 Å². The lowest BCUT2D eigenvalue weighted by Crippen LogP contribution is -2.02. The standard InChI is InChI=1S/C6H9FN2O2S/c1-5(12(7,10)11)6-3-8-9(2)4-6/h3-5H,1-2H3. The normalized spacial score (nSPS) is 14.6. The highest BCUT2D eigenvalue weighted by molar-refractivity contribution is 7.86. The van der Waals surface area contributed by atoms with Crippen molar-refractivity contribution >= 4 is 10.2 Å². The zero-order valence-corrected chi connectivity index (χ0v) is 7.55. The average Bonchev–Trinajstić information content (AvgIpc) is 2.32. The SMILES string of the molecule is CC(c1cnn(C)c1)S(=O)(=O)F. The highest BCUT2D eigenvalue weighted by atomic mass is 32.3. The molecular weight excluding hydrogens is 183 g/mol.